The van der Waals surface area contributed by atoms with Crippen LogP contribution in [0.1, 0.15) is 18.1 Å². The van der Waals surface area contributed by atoms with Gasteiger partial charge in [0.1, 0.15) is 5.82 Å². The molecule has 0 saturated carbocycles. The van der Waals surface area contributed by atoms with Crippen molar-refractivity contribution in [1.82, 2.24) is 0 Å². The molecule has 0 fully saturated rings. The number of para-hydroxylation sites is 1. The van der Waals surface area contributed by atoms with Gasteiger partial charge in [-0.25, -0.2) is 4.39 Å². The average molecular weight is 284 g/mol. The second-order valence-electron chi connectivity index (χ2n) is 5.86. The molecule has 3 rings (SSSR count). The maximum atomic E-state index is 13.6. The molecule has 1 aliphatic rings. The Labute approximate surface area is 125 Å². The van der Waals surface area contributed by atoms with E-state index in [1.807, 2.05) is 6.07 Å². The van der Waals surface area contributed by atoms with Crippen LogP contribution < -0.4 is 10.6 Å². The SMILES string of the molecule is CC1Cc2ccccc2N(c2ccc(F)cc2CCN)C1. The molecular weight excluding hydrogens is 263 g/mol. The van der Waals surface area contributed by atoms with Crippen LogP contribution in [-0.4, -0.2) is 13.1 Å². The van der Waals surface area contributed by atoms with Gasteiger partial charge in [0.05, 0.1) is 0 Å². The zero-order valence-corrected chi connectivity index (χ0v) is 12.3. The minimum atomic E-state index is -0.194. The van der Waals surface area contributed by atoms with Crippen molar-refractivity contribution in [3.63, 3.8) is 0 Å². The highest BCUT2D eigenvalue weighted by molar-refractivity contribution is 5.70. The predicted octanol–water partition coefficient (Wildman–Crippen LogP) is 3.66. The van der Waals surface area contributed by atoms with E-state index in [0.29, 0.717) is 18.9 Å². The molecule has 2 aromatic carbocycles. The number of halogens is 1. The molecule has 1 heterocycles. The van der Waals surface area contributed by atoms with Gasteiger partial charge in [-0.3, -0.25) is 0 Å². The van der Waals surface area contributed by atoms with Crippen LogP contribution in [0.4, 0.5) is 15.8 Å². The number of nitrogens with two attached hydrogens (primary N) is 1. The number of benzene rings is 2. The van der Waals surface area contributed by atoms with Gasteiger partial charge >= 0.3 is 0 Å². The van der Waals surface area contributed by atoms with Gasteiger partial charge in [0.2, 0.25) is 0 Å². The van der Waals surface area contributed by atoms with Gasteiger partial charge in [-0.1, -0.05) is 25.1 Å². The van der Waals surface area contributed by atoms with E-state index in [-0.39, 0.29) is 5.82 Å². The Balaban J connectivity index is 2.08. The molecule has 0 aliphatic carbocycles. The molecule has 2 N–H and O–H groups in total. The zero-order chi connectivity index (χ0) is 14.8. The standard InChI is InChI=1S/C18H21FN2/c1-13-10-14-4-2-3-5-17(14)21(12-13)18-7-6-16(19)11-15(18)8-9-20/h2-7,11,13H,8-10,12,20H2,1H3. The Hall–Kier alpha value is -1.87. The third kappa shape index (κ3) is 2.79. The molecule has 21 heavy (non-hydrogen) atoms. The maximum absolute atomic E-state index is 13.6. The molecule has 0 spiro atoms. The summed E-state index contributed by atoms with van der Waals surface area (Å²) >= 11 is 0. The van der Waals surface area contributed by atoms with Gasteiger partial charge < -0.3 is 10.6 Å². The fourth-order valence-corrected chi connectivity index (χ4v) is 3.20. The van der Waals surface area contributed by atoms with E-state index in [9.17, 15) is 4.39 Å². The second-order valence-corrected chi connectivity index (χ2v) is 5.86. The normalized spacial score (nSPS) is 17.7. The summed E-state index contributed by atoms with van der Waals surface area (Å²) in [4.78, 5) is 2.31. The predicted molar refractivity (Wildman–Crippen MR) is 85.5 cm³/mol. The molecular formula is C18H21FN2. The number of hydrogen-bond acceptors (Lipinski definition) is 2. The fraction of sp³-hybridized carbons (Fsp3) is 0.333. The Morgan fingerprint density at radius 3 is 2.81 bits per heavy atom. The molecule has 0 aromatic heterocycles. The summed E-state index contributed by atoms with van der Waals surface area (Å²) < 4.78 is 13.6. The first-order valence-corrected chi connectivity index (χ1v) is 7.53. The zero-order valence-electron chi connectivity index (χ0n) is 12.3. The largest absolute Gasteiger partial charge is 0.341 e. The molecule has 0 bridgehead atoms. The second kappa shape index (κ2) is 5.86. The van der Waals surface area contributed by atoms with Crippen molar-refractivity contribution in [1.29, 1.82) is 0 Å². The summed E-state index contributed by atoms with van der Waals surface area (Å²) in [6, 6.07) is 13.5. The van der Waals surface area contributed by atoms with Gasteiger partial charge in [0.25, 0.3) is 0 Å². The summed E-state index contributed by atoms with van der Waals surface area (Å²) in [5.41, 5.74) is 10.4. The first kappa shape index (κ1) is 14.1. The smallest absolute Gasteiger partial charge is 0.123 e. The minimum Gasteiger partial charge on any atom is -0.341 e. The van der Waals surface area contributed by atoms with Crippen molar-refractivity contribution in [3.8, 4) is 0 Å². The van der Waals surface area contributed by atoms with E-state index in [2.05, 4.69) is 36.1 Å². The summed E-state index contributed by atoms with van der Waals surface area (Å²) in [6.07, 6.45) is 1.79. The molecule has 0 saturated heterocycles. The van der Waals surface area contributed by atoms with Gasteiger partial charge in [0, 0.05) is 17.9 Å². The van der Waals surface area contributed by atoms with Crippen molar-refractivity contribution < 1.29 is 4.39 Å². The molecule has 0 radical (unpaired) electrons. The number of hydrogen-bond donors (Lipinski definition) is 1. The van der Waals surface area contributed by atoms with Crippen molar-refractivity contribution in [2.45, 2.75) is 19.8 Å². The Kier molecular flexibility index (Phi) is 3.93. The third-order valence-corrected chi connectivity index (χ3v) is 4.09. The van der Waals surface area contributed by atoms with E-state index in [0.717, 1.165) is 24.2 Å². The van der Waals surface area contributed by atoms with E-state index in [1.54, 1.807) is 6.07 Å². The average Bonchev–Trinajstić information content (AvgIpc) is 2.47. The summed E-state index contributed by atoms with van der Waals surface area (Å²) in [5.74, 6) is 0.385. The van der Waals surface area contributed by atoms with Crippen LogP contribution in [0.3, 0.4) is 0 Å². The third-order valence-electron chi connectivity index (χ3n) is 4.09. The van der Waals surface area contributed by atoms with Gasteiger partial charge in [-0.05, 0) is 60.7 Å². The van der Waals surface area contributed by atoms with Crippen LogP contribution in [0, 0.1) is 11.7 Å². The fourth-order valence-electron chi connectivity index (χ4n) is 3.20. The lowest BCUT2D eigenvalue weighted by atomic mass is 9.92. The first-order valence-electron chi connectivity index (χ1n) is 7.53. The van der Waals surface area contributed by atoms with Crippen LogP contribution >= 0.6 is 0 Å². The molecule has 1 unspecified atom stereocenters. The van der Waals surface area contributed by atoms with Crippen LogP contribution in [0.5, 0.6) is 0 Å². The van der Waals surface area contributed by atoms with E-state index in [4.69, 9.17) is 5.73 Å². The van der Waals surface area contributed by atoms with Crippen molar-refractivity contribution in [2.75, 3.05) is 18.0 Å². The summed E-state index contributed by atoms with van der Waals surface area (Å²) in [7, 11) is 0. The van der Waals surface area contributed by atoms with E-state index in [1.165, 1.54) is 17.3 Å². The Morgan fingerprint density at radius 1 is 1.19 bits per heavy atom. The van der Waals surface area contributed by atoms with Crippen molar-refractivity contribution in [2.24, 2.45) is 11.7 Å². The number of nitrogens with zero attached hydrogens (tertiary/aromatic N) is 1. The van der Waals surface area contributed by atoms with E-state index < -0.39 is 0 Å². The van der Waals surface area contributed by atoms with Crippen molar-refractivity contribution >= 4 is 11.4 Å². The molecule has 2 nitrogen and oxygen atoms in total. The van der Waals surface area contributed by atoms with Gasteiger partial charge in [0.15, 0.2) is 0 Å². The van der Waals surface area contributed by atoms with Gasteiger partial charge in [-0.15, -0.1) is 0 Å². The number of rotatable bonds is 3. The molecule has 1 aliphatic heterocycles. The van der Waals surface area contributed by atoms with Crippen LogP contribution in [0.25, 0.3) is 0 Å². The van der Waals surface area contributed by atoms with Crippen LogP contribution in [0.2, 0.25) is 0 Å². The lowest BCUT2D eigenvalue weighted by molar-refractivity contribution is 0.561. The molecule has 2 aromatic rings. The molecule has 3 heteroatoms. The minimum absolute atomic E-state index is 0.194. The van der Waals surface area contributed by atoms with Crippen LogP contribution in [0.15, 0.2) is 42.5 Å². The highest BCUT2D eigenvalue weighted by Crippen LogP contribution is 2.37. The summed E-state index contributed by atoms with van der Waals surface area (Å²) in [6.45, 7) is 3.75. The first-order chi connectivity index (χ1) is 10.2. The highest BCUT2D eigenvalue weighted by atomic mass is 19.1. The Bertz CT molecular complexity index is 639. The number of anilines is 2. The highest BCUT2D eigenvalue weighted by Gasteiger charge is 2.24. The quantitative estimate of drug-likeness (QED) is 0.932. The maximum Gasteiger partial charge on any atom is 0.123 e. The topological polar surface area (TPSA) is 29.3 Å². The lowest BCUT2D eigenvalue weighted by Crippen LogP contribution is -2.31. The lowest BCUT2D eigenvalue weighted by Gasteiger charge is -2.36. The Morgan fingerprint density at radius 2 is 2.00 bits per heavy atom. The molecule has 1 atom stereocenters. The molecule has 110 valence electrons. The van der Waals surface area contributed by atoms with Crippen LogP contribution in [-0.2, 0) is 12.8 Å². The molecule has 0 amide bonds. The van der Waals surface area contributed by atoms with Gasteiger partial charge in [-0.2, -0.15) is 0 Å². The van der Waals surface area contributed by atoms with Crippen molar-refractivity contribution in [3.05, 3.63) is 59.4 Å². The summed E-state index contributed by atoms with van der Waals surface area (Å²) in [5, 5.41) is 0. The number of fused-ring (bicyclic) bond motifs is 1. The van der Waals surface area contributed by atoms with E-state index >= 15 is 0 Å². The monoisotopic (exact) mass is 284 g/mol.